The van der Waals surface area contributed by atoms with Crippen molar-refractivity contribution in [3.63, 3.8) is 0 Å². The Bertz CT molecular complexity index is 1190. The summed E-state index contributed by atoms with van der Waals surface area (Å²) in [5.74, 6) is 0.286. The van der Waals surface area contributed by atoms with E-state index in [1.165, 1.54) is 17.3 Å². The van der Waals surface area contributed by atoms with Crippen LogP contribution in [0.3, 0.4) is 0 Å². The van der Waals surface area contributed by atoms with Crippen molar-refractivity contribution in [1.29, 1.82) is 0 Å². The zero-order valence-electron chi connectivity index (χ0n) is 18.5. The molecule has 4 rings (SSSR count). The highest BCUT2D eigenvalue weighted by atomic mass is 32.2. The van der Waals surface area contributed by atoms with Gasteiger partial charge in [-0.25, -0.2) is 14.1 Å². The minimum atomic E-state index is -0.323. The van der Waals surface area contributed by atoms with Crippen molar-refractivity contribution in [3.8, 4) is 11.3 Å². The minimum absolute atomic E-state index is 0.0794. The molecule has 2 heterocycles. The molecule has 0 saturated carbocycles. The molecule has 0 bridgehead atoms. The molecule has 2 aromatic heterocycles. The Morgan fingerprint density at radius 1 is 1.19 bits per heavy atom. The molecule has 0 unspecified atom stereocenters. The van der Waals surface area contributed by atoms with Crippen molar-refractivity contribution < 1.29 is 9.53 Å². The predicted octanol–water partition coefficient (Wildman–Crippen LogP) is 3.85. The van der Waals surface area contributed by atoms with E-state index in [4.69, 9.17) is 9.72 Å². The van der Waals surface area contributed by atoms with Gasteiger partial charge in [0.2, 0.25) is 5.78 Å². The molecule has 31 heavy (non-hydrogen) atoms. The van der Waals surface area contributed by atoms with Gasteiger partial charge in [0.1, 0.15) is 0 Å². The van der Waals surface area contributed by atoms with Crippen LogP contribution in [0.1, 0.15) is 51.7 Å². The van der Waals surface area contributed by atoms with Gasteiger partial charge in [-0.1, -0.05) is 49.9 Å². The molecule has 164 valence electrons. The molecule has 3 aromatic rings. The molecule has 1 aliphatic carbocycles. The first-order valence-corrected chi connectivity index (χ1v) is 11.9. The van der Waals surface area contributed by atoms with Gasteiger partial charge in [0.25, 0.3) is 5.56 Å². The van der Waals surface area contributed by atoms with Crippen molar-refractivity contribution in [2.24, 2.45) is 0 Å². The highest BCUT2D eigenvalue weighted by molar-refractivity contribution is 7.99. The van der Waals surface area contributed by atoms with Crippen LogP contribution in [0, 0.1) is 0 Å². The van der Waals surface area contributed by atoms with E-state index in [2.05, 4.69) is 31.1 Å². The van der Waals surface area contributed by atoms with Gasteiger partial charge in [-0.05, 0) is 38.7 Å². The van der Waals surface area contributed by atoms with Crippen LogP contribution in [0.25, 0.3) is 17.0 Å². The number of ether oxygens (including phenoxy) is 1. The van der Waals surface area contributed by atoms with Gasteiger partial charge in [-0.3, -0.25) is 9.59 Å². The molecule has 0 atom stereocenters. The fourth-order valence-corrected chi connectivity index (χ4v) is 5.34. The molecule has 0 saturated heterocycles. The van der Waals surface area contributed by atoms with Crippen molar-refractivity contribution >= 4 is 23.5 Å². The molecule has 0 fully saturated rings. The molecule has 8 heteroatoms. The molecule has 1 aliphatic rings. The molecule has 0 radical (unpaired) electrons. The maximum atomic E-state index is 14.0. The fraction of sp³-hybridized carbons (Fsp3) is 0.478. The average molecular weight is 441 g/mol. The van der Waals surface area contributed by atoms with Crippen molar-refractivity contribution in [2.75, 3.05) is 12.4 Å². The highest BCUT2D eigenvalue weighted by Crippen LogP contribution is 2.44. The Labute approximate surface area is 185 Å². The van der Waals surface area contributed by atoms with Gasteiger partial charge in [-0.15, -0.1) is 5.10 Å². The van der Waals surface area contributed by atoms with E-state index >= 15 is 0 Å². The van der Waals surface area contributed by atoms with Crippen LogP contribution in [0.4, 0.5) is 0 Å². The third kappa shape index (κ3) is 3.46. The molecule has 0 N–H and O–H groups in total. The van der Waals surface area contributed by atoms with Gasteiger partial charge in [0.15, 0.2) is 5.16 Å². The van der Waals surface area contributed by atoms with E-state index < -0.39 is 0 Å². The van der Waals surface area contributed by atoms with Gasteiger partial charge < -0.3 is 4.74 Å². The van der Waals surface area contributed by atoms with Crippen LogP contribution in [-0.4, -0.2) is 37.5 Å². The zero-order chi connectivity index (χ0) is 22.2. The smallest absolute Gasteiger partial charge is 0.316 e. The Morgan fingerprint density at radius 3 is 2.61 bits per heavy atom. The molecule has 0 amide bonds. The van der Waals surface area contributed by atoms with Gasteiger partial charge in [-0.2, -0.15) is 0 Å². The number of carbonyl (C=O) groups is 1. The first kappa shape index (κ1) is 21.6. The largest absolute Gasteiger partial charge is 0.465 e. The lowest BCUT2D eigenvalue weighted by molar-refractivity contribution is -0.139. The molecular weight excluding hydrogens is 412 g/mol. The minimum Gasteiger partial charge on any atom is -0.465 e. The monoisotopic (exact) mass is 440 g/mol. The summed E-state index contributed by atoms with van der Waals surface area (Å²) in [4.78, 5) is 30.9. The number of benzene rings is 1. The number of hydrogen-bond donors (Lipinski definition) is 0. The molecule has 0 spiro atoms. The number of esters is 1. The second kappa shape index (κ2) is 8.49. The Morgan fingerprint density at radius 2 is 1.94 bits per heavy atom. The number of fused-ring (bicyclic) bond motifs is 4. The third-order valence-corrected chi connectivity index (χ3v) is 7.21. The maximum absolute atomic E-state index is 14.0. The van der Waals surface area contributed by atoms with Crippen LogP contribution < -0.4 is 5.56 Å². The van der Waals surface area contributed by atoms with Crippen LogP contribution in [0.15, 0.2) is 34.2 Å². The number of rotatable bonds is 7. The lowest BCUT2D eigenvalue weighted by Crippen LogP contribution is -2.39. The van der Waals surface area contributed by atoms with E-state index in [1.54, 1.807) is 16.0 Å². The Hall–Kier alpha value is -2.61. The van der Waals surface area contributed by atoms with E-state index in [0.29, 0.717) is 24.1 Å². The van der Waals surface area contributed by atoms with E-state index in [-0.39, 0.29) is 22.7 Å². The van der Waals surface area contributed by atoms with Gasteiger partial charge >= 0.3 is 5.97 Å². The standard InChI is InChI=1S/C23H28N4O3S/c1-5-23(6-2)13-15-11-9-10-12-16(15)19-18(23)20(29)27-21(24-19)26(7-3)25-22(27)31-14-17(28)30-8-4/h9-12H,5-8,13-14H2,1-4H3. The maximum Gasteiger partial charge on any atom is 0.316 e. The Kier molecular flexibility index (Phi) is 5.92. The Balaban J connectivity index is 1.98. The molecule has 0 aliphatic heterocycles. The van der Waals surface area contributed by atoms with Crippen LogP contribution in [0.5, 0.6) is 0 Å². The van der Waals surface area contributed by atoms with E-state index in [1.807, 2.05) is 19.1 Å². The van der Waals surface area contributed by atoms with Crippen molar-refractivity contribution in [1.82, 2.24) is 19.2 Å². The van der Waals surface area contributed by atoms with Crippen LogP contribution in [-0.2, 0) is 27.9 Å². The number of aryl methyl sites for hydroxylation is 1. The summed E-state index contributed by atoms with van der Waals surface area (Å²) in [6.07, 6.45) is 2.52. The summed E-state index contributed by atoms with van der Waals surface area (Å²) in [7, 11) is 0. The van der Waals surface area contributed by atoms with Gasteiger partial charge in [0.05, 0.1) is 23.6 Å². The summed E-state index contributed by atoms with van der Waals surface area (Å²) < 4.78 is 8.35. The van der Waals surface area contributed by atoms with Crippen molar-refractivity contribution in [3.05, 3.63) is 45.7 Å². The number of carbonyl (C=O) groups excluding carboxylic acids is 1. The zero-order valence-corrected chi connectivity index (χ0v) is 19.3. The predicted molar refractivity (Wildman–Crippen MR) is 122 cm³/mol. The highest BCUT2D eigenvalue weighted by Gasteiger charge is 2.40. The summed E-state index contributed by atoms with van der Waals surface area (Å²) in [6.45, 7) is 8.92. The average Bonchev–Trinajstić information content (AvgIpc) is 3.15. The summed E-state index contributed by atoms with van der Waals surface area (Å²) in [6, 6.07) is 8.23. The lowest BCUT2D eigenvalue weighted by atomic mass is 9.66. The number of hydrogen-bond acceptors (Lipinski definition) is 6. The molecule has 7 nitrogen and oxygen atoms in total. The van der Waals surface area contributed by atoms with Crippen LogP contribution >= 0.6 is 11.8 Å². The second-order valence-electron chi connectivity index (χ2n) is 7.79. The second-order valence-corrected chi connectivity index (χ2v) is 8.73. The number of nitrogens with zero attached hydrogens (tertiary/aromatic N) is 4. The normalized spacial score (nSPS) is 14.3. The summed E-state index contributed by atoms with van der Waals surface area (Å²) in [5.41, 5.74) is 3.44. The summed E-state index contributed by atoms with van der Waals surface area (Å²) in [5, 5.41) is 5.08. The van der Waals surface area contributed by atoms with Gasteiger partial charge in [0, 0.05) is 17.5 Å². The SMILES string of the molecule is CCOC(=O)CSc1nn(CC)c2nc3c(c(=O)n12)C(CC)(CC)Cc1ccccc1-3. The van der Waals surface area contributed by atoms with E-state index in [9.17, 15) is 9.59 Å². The first-order chi connectivity index (χ1) is 15.0. The quantitative estimate of drug-likeness (QED) is 0.410. The topological polar surface area (TPSA) is 78.5 Å². The lowest BCUT2D eigenvalue weighted by Gasteiger charge is -2.37. The van der Waals surface area contributed by atoms with E-state index in [0.717, 1.165) is 36.1 Å². The molecule has 1 aromatic carbocycles. The van der Waals surface area contributed by atoms with Crippen LogP contribution in [0.2, 0.25) is 0 Å². The molecular formula is C23H28N4O3S. The first-order valence-electron chi connectivity index (χ1n) is 10.9. The summed E-state index contributed by atoms with van der Waals surface area (Å²) >= 11 is 1.22. The fourth-order valence-electron chi connectivity index (χ4n) is 4.56. The van der Waals surface area contributed by atoms with Crippen molar-refractivity contribution in [2.45, 2.75) is 64.1 Å². The number of thioether (sulfide) groups is 1. The number of aromatic nitrogens is 4. The third-order valence-electron chi connectivity index (χ3n) is 6.30.